The zero-order valence-corrected chi connectivity index (χ0v) is 11.5. The van der Waals surface area contributed by atoms with Crippen LogP contribution < -0.4 is 5.32 Å². The van der Waals surface area contributed by atoms with E-state index in [4.69, 9.17) is 0 Å². The van der Waals surface area contributed by atoms with Crippen molar-refractivity contribution >= 4 is 5.69 Å². The average Bonchev–Trinajstić information content (AvgIpc) is 2.86. The van der Waals surface area contributed by atoms with Gasteiger partial charge in [-0.05, 0) is 30.4 Å². The van der Waals surface area contributed by atoms with Crippen LogP contribution in [0.3, 0.4) is 0 Å². The third kappa shape index (κ3) is 2.65. The molecule has 0 aromatic heterocycles. The number of para-hydroxylation sites is 1. The van der Waals surface area contributed by atoms with Crippen molar-refractivity contribution in [3.8, 4) is 11.1 Å². The van der Waals surface area contributed by atoms with Gasteiger partial charge >= 0.3 is 0 Å². The molecule has 0 heterocycles. The van der Waals surface area contributed by atoms with E-state index in [1.165, 1.54) is 36.1 Å². The Morgan fingerprint density at radius 3 is 2.37 bits per heavy atom. The van der Waals surface area contributed by atoms with Gasteiger partial charge in [0, 0.05) is 17.3 Å². The minimum absolute atomic E-state index is 0.630. The van der Waals surface area contributed by atoms with Gasteiger partial charge in [0.15, 0.2) is 0 Å². The van der Waals surface area contributed by atoms with Gasteiger partial charge in [-0.1, -0.05) is 61.9 Å². The van der Waals surface area contributed by atoms with E-state index in [2.05, 4.69) is 66.8 Å². The Hall–Kier alpha value is -1.76. The first-order valence-corrected chi connectivity index (χ1v) is 7.25. The van der Waals surface area contributed by atoms with Crippen molar-refractivity contribution in [3.63, 3.8) is 0 Å². The van der Waals surface area contributed by atoms with Crippen molar-refractivity contribution in [2.45, 2.75) is 32.2 Å². The van der Waals surface area contributed by atoms with E-state index < -0.39 is 0 Å². The summed E-state index contributed by atoms with van der Waals surface area (Å²) in [6, 6.07) is 19.9. The molecule has 0 radical (unpaired) electrons. The molecular formula is C18H21N. The maximum absolute atomic E-state index is 3.76. The summed E-state index contributed by atoms with van der Waals surface area (Å²) >= 11 is 0. The molecule has 19 heavy (non-hydrogen) atoms. The highest BCUT2D eigenvalue weighted by Crippen LogP contribution is 2.32. The zero-order valence-electron chi connectivity index (χ0n) is 11.5. The number of hydrogen-bond acceptors (Lipinski definition) is 1. The van der Waals surface area contributed by atoms with Gasteiger partial charge in [0.1, 0.15) is 0 Å². The molecule has 0 amide bonds. The molecule has 0 aliphatic heterocycles. The van der Waals surface area contributed by atoms with Gasteiger partial charge < -0.3 is 5.32 Å². The molecule has 1 N–H and O–H groups in total. The first-order chi connectivity index (χ1) is 9.34. The van der Waals surface area contributed by atoms with Crippen LogP contribution >= 0.6 is 0 Å². The highest BCUT2D eigenvalue weighted by molar-refractivity contribution is 5.77. The fourth-order valence-electron chi connectivity index (χ4n) is 3.04. The second-order valence-corrected chi connectivity index (χ2v) is 5.57. The van der Waals surface area contributed by atoms with Crippen molar-refractivity contribution in [2.24, 2.45) is 5.92 Å². The predicted octanol–water partition coefficient (Wildman–Crippen LogP) is 4.95. The van der Waals surface area contributed by atoms with Gasteiger partial charge in [-0.2, -0.15) is 0 Å². The molecule has 1 heteroatoms. The summed E-state index contributed by atoms with van der Waals surface area (Å²) < 4.78 is 0. The molecule has 0 bridgehead atoms. The van der Waals surface area contributed by atoms with Crippen LogP contribution in [-0.2, 0) is 0 Å². The second-order valence-electron chi connectivity index (χ2n) is 5.57. The molecule has 2 aromatic carbocycles. The minimum atomic E-state index is 0.630. The number of nitrogens with one attached hydrogen (secondary N) is 1. The minimum Gasteiger partial charge on any atom is -0.382 e. The molecule has 0 spiro atoms. The average molecular weight is 251 g/mol. The molecule has 1 aliphatic rings. The maximum Gasteiger partial charge on any atom is 0.0422 e. The third-order valence-corrected chi connectivity index (χ3v) is 4.21. The lowest BCUT2D eigenvalue weighted by atomic mass is 10.0. The topological polar surface area (TPSA) is 12.0 Å². The Morgan fingerprint density at radius 2 is 1.63 bits per heavy atom. The molecule has 1 saturated carbocycles. The van der Waals surface area contributed by atoms with E-state index in [9.17, 15) is 0 Å². The first-order valence-electron chi connectivity index (χ1n) is 7.25. The molecule has 0 saturated heterocycles. The SMILES string of the molecule is CC1CCCC1Nc1ccccc1-c1ccccc1. The van der Waals surface area contributed by atoms with E-state index in [0.29, 0.717) is 6.04 Å². The van der Waals surface area contributed by atoms with Crippen molar-refractivity contribution in [1.82, 2.24) is 0 Å². The highest BCUT2D eigenvalue weighted by Gasteiger charge is 2.23. The fourth-order valence-corrected chi connectivity index (χ4v) is 3.04. The van der Waals surface area contributed by atoms with E-state index in [-0.39, 0.29) is 0 Å². The molecule has 1 aliphatic carbocycles. The van der Waals surface area contributed by atoms with Crippen LogP contribution in [0.4, 0.5) is 5.69 Å². The molecule has 3 rings (SSSR count). The number of benzene rings is 2. The van der Waals surface area contributed by atoms with Crippen molar-refractivity contribution in [1.29, 1.82) is 0 Å². The van der Waals surface area contributed by atoms with E-state index in [1.54, 1.807) is 0 Å². The van der Waals surface area contributed by atoms with Gasteiger partial charge in [0.05, 0.1) is 0 Å². The number of anilines is 1. The normalized spacial score (nSPS) is 22.4. The first kappa shape index (κ1) is 12.3. The van der Waals surface area contributed by atoms with Crippen molar-refractivity contribution in [3.05, 3.63) is 54.6 Å². The zero-order chi connectivity index (χ0) is 13.1. The summed E-state index contributed by atoms with van der Waals surface area (Å²) in [5.74, 6) is 0.781. The van der Waals surface area contributed by atoms with E-state index in [0.717, 1.165) is 5.92 Å². The molecule has 1 nitrogen and oxygen atoms in total. The lowest BCUT2D eigenvalue weighted by Crippen LogP contribution is -2.22. The van der Waals surface area contributed by atoms with Crippen LogP contribution in [0.25, 0.3) is 11.1 Å². The molecule has 98 valence electrons. The third-order valence-electron chi connectivity index (χ3n) is 4.21. The van der Waals surface area contributed by atoms with Gasteiger partial charge in [-0.3, -0.25) is 0 Å². The van der Waals surface area contributed by atoms with Crippen molar-refractivity contribution < 1.29 is 0 Å². The summed E-state index contributed by atoms with van der Waals surface area (Å²) in [5, 5.41) is 3.76. The quantitative estimate of drug-likeness (QED) is 0.813. The molecule has 2 aromatic rings. The molecule has 2 atom stereocenters. The van der Waals surface area contributed by atoms with Gasteiger partial charge in [-0.25, -0.2) is 0 Å². The maximum atomic E-state index is 3.76. The van der Waals surface area contributed by atoms with Crippen LogP contribution in [0.2, 0.25) is 0 Å². The highest BCUT2D eigenvalue weighted by atomic mass is 14.9. The predicted molar refractivity (Wildman–Crippen MR) is 82.3 cm³/mol. The van der Waals surface area contributed by atoms with Gasteiger partial charge in [0.25, 0.3) is 0 Å². The summed E-state index contributed by atoms with van der Waals surface area (Å²) in [6.07, 6.45) is 4.00. The number of rotatable bonds is 3. The Balaban J connectivity index is 1.89. The summed E-state index contributed by atoms with van der Waals surface area (Å²) in [5.41, 5.74) is 3.87. The Labute approximate surface area is 115 Å². The molecule has 1 fully saturated rings. The summed E-state index contributed by atoms with van der Waals surface area (Å²) in [6.45, 7) is 2.36. The van der Waals surface area contributed by atoms with Crippen LogP contribution in [-0.4, -0.2) is 6.04 Å². The molecular weight excluding hydrogens is 230 g/mol. The molecule has 2 unspecified atom stereocenters. The smallest absolute Gasteiger partial charge is 0.0422 e. The van der Waals surface area contributed by atoms with Crippen LogP contribution in [0.15, 0.2) is 54.6 Å². The monoisotopic (exact) mass is 251 g/mol. The van der Waals surface area contributed by atoms with E-state index in [1.807, 2.05) is 0 Å². The second kappa shape index (κ2) is 5.48. The standard InChI is InChI=1S/C18H21N/c1-14-8-7-13-17(14)19-18-12-6-5-11-16(18)15-9-3-2-4-10-15/h2-6,9-12,14,17,19H,7-8,13H2,1H3. The Morgan fingerprint density at radius 1 is 0.895 bits per heavy atom. The Kier molecular flexibility index (Phi) is 3.54. The van der Waals surface area contributed by atoms with Gasteiger partial charge in [-0.15, -0.1) is 0 Å². The largest absolute Gasteiger partial charge is 0.382 e. The van der Waals surface area contributed by atoms with E-state index >= 15 is 0 Å². The summed E-state index contributed by atoms with van der Waals surface area (Å²) in [7, 11) is 0. The Bertz CT molecular complexity index is 532. The number of hydrogen-bond donors (Lipinski definition) is 1. The van der Waals surface area contributed by atoms with Gasteiger partial charge in [0.2, 0.25) is 0 Å². The lowest BCUT2D eigenvalue weighted by Gasteiger charge is -2.21. The van der Waals surface area contributed by atoms with Crippen LogP contribution in [0, 0.1) is 5.92 Å². The fraction of sp³-hybridized carbons (Fsp3) is 0.333. The summed E-state index contributed by atoms with van der Waals surface area (Å²) in [4.78, 5) is 0. The van der Waals surface area contributed by atoms with Crippen LogP contribution in [0.5, 0.6) is 0 Å². The van der Waals surface area contributed by atoms with Crippen LogP contribution in [0.1, 0.15) is 26.2 Å². The lowest BCUT2D eigenvalue weighted by molar-refractivity contribution is 0.556. The van der Waals surface area contributed by atoms with Crippen molar-refractivity contribution in [2.75, 3.05) is 5.32 Å².